The van der Waals surface area contributed by atoms with Crippen molar-refractivity contribution in [2.45, 2.75) is 83.7 Å². The van der Waals surface area contributed by atoms with Gasteiger partial charge in [0.05, 0.1) is 0 Å². The first-order valence-corrected chi connectivity index (χ1v) is 11.5. The first-order chi connectivity index (χ1) is 14.7. The molecule has 0 spiro atoms. The summed E-state index contributed by atoms with van der Waals surface area (Å²) >= 11 is 0. The Morgan fingerprint density at radius 1 is 1.03 bits per heavy atom. The van der Waals surface area contributed by atoms with Gasteiger partial charge in [-0.2, -0.15) is 0 Å². The van der Waals surface area contributed by atoms with Crippen LogP contribution in [0.4, 0.5) is 0 Å². The predicted molar refractivity (Wildman–Crippen MR) is 121 cm³/mol. The molecule has 0 amide bonds. The minimum absolute atomic E-state index is 0.0544. The van der Waals surface area contributed by atoms with Crippen LogP contribution in [0, 0.1) is 0 Å². The van der Waals surface area contributed by atoms with Crippen LogP contribution in [-0.4, -0.2) is 22.0 Å². The molecule has 1 aliphatic carbocycles. The normalized spacial score (nSPS) is 19.1. The quantitative estimate of drug-likeness (QED) is 0.274. The lowest BCUT2D eigenvalue weighted by Gasteiger charge is -2.28. The SMILES string of the molecule is CCC=CC(=O)OC1CCC(c2ccc(-c3ncc(CCCCC)cn3)cc2)CC1. The van der Waals surface area contributed by atoms with Gasteiger partial charge in [0.15, 0.2) is 5.82 Å². The second-order valence-electron chi connectivity index (χ2n) is 8.22. The maximum absolute atomic E-state index is 11.8. The van der Waals surface area contributed by atoms with E-state index in [9.17, 15) is 4.79 Å². The fourth-order valence-electron chi connectivity index (χ4n) is 4.05. The number of esters is 1. The molecule has 4 heteroatoms. The van der Waals surface area contributed by atoms with Gasteiger partial charge in [0.1, 0.15) is 6.10 Å². The highest BCUT2D eigenvalue weighted by Crippen LogP contribution is 2.34. The van der Waals surface area contributed by atoms with Crippen molar-refractivity contribution in [3.8, 4) is 11.4 Å². The van der Waals surface area contributed by atoms with Crippen molar-refractivity contribution in [2.75, 3.05) is 0 Å². The first kappa shape index (κ1) is 22.2. The molecule has 160 valence electrons. The summed E-state index contributed by atoms with van der Waals surface area (Å²) in [6, 6.07) is 8.66. The number of aryl methyl sites for hydroxylation is 1. The Morgan fingerprint density at radius 3 is 2.37 bits per heavy atom. The fourth-order valence-corrected chi connectivity index (χ4v) is 4.05. The maximum atomic E-state index is 11.8. The molecule has 3 rings (SSSR count). The van der Waals surface area contributed by atoms with E-state index in [0.29, 0.717) is 5.92 Å². The molecule has 1 aromatic heterocycles. The summed E-state index contributed by atoms with van der Waals surface area (Å²) in [5.74, 6) is 1.11. The Hall–Kier alpha value is -2.49. The van der Waals surface area contributed by atoms with Crippen LogP contribution in [0.15, 0.2) is 48.8 Å². The summed E-state index contributed by atoms with van der Waals surface area (Å²) in [6.07, 6.45) is 16.9. The molecule has 0 atom stereocenters. The van der Waals surface area contributed by atoms with Crippen LogP contribution in [0.2, 0.25) is 0 Å². The number of rotatable bonds is 9. The lowest BCUT2D eigenvalue weighted by molar-refractivity contribution is -0.144. The summed E-state index contributed by atoms with van der Waals surface area (Å²) in [4.78, 5) is 20.9. The summed E-state index contributed by atoms with van der Waals surface area (Å²) in [7, 11) is 0. The van der Waals surface area contributed by atoms with Gasteiger partial charge in [-0.25, -0.2) is 14.8 Å². The van der Waals surface area contributed by atoms with E-state index in [1.54, 1.807) is 6.08 Å². The second-order valence-corrected chi connectivity index (χ2v) is 8.22. The summed E-state index contributed by atoms with van der Waals surface area (Å²) < 4.78 is 5.55. The molecule has 0 saturated heterocycles. The molecule has 1 aliphatic rings. The van der Waals surface area contributed by atoms with E-state index >= 15 is 0 Å². The third kappa shape index (κ3) is 6.51. The van der Waals surface area contributed by atoms with Crippen LogP contribution in [-0.2, 0) is 16.0 Å². The van der Waals surface area contributed by atoms with Gasteiger partial charge in [-0.1, -0.05) is 57.0 Å². The number of carbonyl (C=O) groups is 1. The van der Waals surface area contributed by atoms with Crippen molar-refractivity contribution in [2.24, 2.45) is 0 Å². The van der Waals surface area contributed by atoms with Crippen molar-refractivity contribution in [3.63, 3.8) is 0 Å². The maximum Gasteiger partial charge on any atom is 0.330 e. The van der Waals surface area contributed by atoms with Crippen molar-refractivity contribution >= 4 is 5.97 Å². The average molecular weight is 407 g/mol. The third-order valence-corrected chi connectivity index (χ3v) is 5.86. The standard InChI is InChI=1S/C26H34N2O2/c1-3-5-7-8-20-18-27-26(28-19-20)23-12-10-21(11-13-23)22-14-16-24(17-15-22)30-25(29)9-6-4-2/h6,9-13,18-19,22,24H,3-5,7-8,14-17H2,1-2H3. The monoisotopic (exact) mass is 406 g/mol. The summed E-state index contributed by atoms with van der Waals surface area (Å²) in [6.45, 7) is 4.23. The van der Waals surface area contributed by atoms with Crippen LogP contribution in [0.25, 0.3) is 11.4 Å². The highest BCUT2D eigenvalue weighted by Gasteiger charge is 2.24. The van der Waals surface area contributed by atoms with E-state index < -0.39 is 0 Å². The van der Waals surface area contributed by atoms with Gasteiger partial charge >= 0.3 is 5.97 Å². The summed E-state index contributed by atoms with van der Waals surface area (Å²) in [5, 5.41) is 0. The number of aromatic nitrogens is 2. The Morgan fingerprint density at radius 2 is 1.73 bits per heavy atom. The molecular formula is C26H34N2O2. The van der Waals surface area contributed by atoms with Gasteiger partial charge in [-0.3, -0.25) is 0 Å². The van der Waals surface area contributed by atoms with E-state index in [2.05, 4.69) is 41.2 Å². The van der Waals surface area contributed by atoms with Crippen molar-refractivity contribution < 1.29 is 9.53 Å². The van der Waals surface area contributed by atoms with Gasteiger partial charge in [0.2, 0.25) is 0 Å². The minimum atomic E-state index is -0.207. The van der Waals surface area contributed by atoms with Crippen LogP contribution in [0.5, 0.6) is 0 Å². The molecule has 0 radical (unpaired) electrons. The molecule has 0 bridgehead atoms. The van der Waals surface area contributed by atoms with E-state index in [0.717, 1.165) is 49.9 Å². The van der Waals surface area contributed by atoms with Crippen molar-refractivity contribution in [3.05, 3.63) is 59.9 Å². The highest BCUT2D eigenvalue weighted by molar-refractivity contribution is 5.82. The molecule has 1 heterocycles. The van der Waals surface area contributed by atoms with Crippen LogP contribution < -0.4 is 0 Å². The number of allylic oxidation sites excluding steroid dienone is 1. The molecule has 1 aromatic carbocycles. The largest absolute Gasteiger partial charge is 0.459 e. The average Bonchev–Trinajstić information content (AvgIpc) is 2.79. The number of benzene rings is 1. The Kier molecular flexibility index (Phi) is 8.61. The molecule has 0 aliphatic heterocycles. The molecular weight excluding hydrogens is 372 g/mol. The highest BCUT2D eigenvalue weighted by atomic mass is 16.5. The molecule has 30 heavy (non-hydrogen) atoms. The lowest BCUT2D eigenvalue weighted by atomic mass is 9.82. The smallest absolute Gasteiger partial charge is 0.330 e. The fraction of sp³-hybridized carbons (Fsp3) is 0.500. The van der Waals surface area contributed by atoms with Crippen LogP contribution >= 0.6 is 0 Å². The van der Waals surface area contributed by atoms with Gasteiger partial charge in [-0.05, 0) is 62.0 Å². The molecule has 1 saturated carbocycles. The number of hydrogen-bond acceptors (Lipinski definition) is 4. The molecule has 4 nitrogen and oxygen atoms in total. The molecule has 2 aromatic rings. The zero-order chi connectivity index (χ0) is 21.2. The van der Waals surface area contributed by atoms with Crippen LogP contribution in [0.3, 0.4) is 0 Å². The molecule has 1 fully saturated rings. The molecule has 0 N–H and O–H groups in total. The van der Waals surface area contributed by atoms with Crippen LogP contribution in [0.1, 0.15) is 82.3 Å². The number of nitrogens with zero attached hydrogens (tertiary/aromatic N) is 2. The number of hydrogen-bond donors (Lipinski definition) is 0. The molecule has 0 unspecified atom stereocenters. The Labute approximate surface area is 180 Å². The zero-order valence-corrected chi connectivity index (χ0v) is 18.3. The van der Waals surface area contributed by atoms with Gasteiger partial charge in [0, 0.05) is 24.0 Å². The topological polar surface area (TPSA) is 52.1 Å². The van der Waals surface area contributed by atoms with Crippen molar-refractivity contribution in [1.82, 2.24) is 9.97 Å². The number of unbranched alkanes of at least 4 members (excludes halogenated alkanes) is 2. The van der Waals surface area contributed by atoms with Gasteiger partial charge in [0.25, 0.3) is 0 Å². The zero-order valence-electron chi connectivity index (χ0n) is 18.3. The lowest BCUT2D eigenvalue weighted by Crippen LogP contribution is -2.23. The van der Waals surface area contributed by atoms with Gasteiger partial charge in [-0.15, -0.1) is 0 Å². The van der Waals surface area contributed by atoms with E-state index in [1.807, 2.05) is 25.4 Å². The summed E-state index contributed by atoms with van der Waals surface area (Å²) in [5.41, 5.74) is 3.63. The first-order valence-electron chi connectivity index (χ1n) is 11.5. The number of ether oxygens (including phenoxy) is 1. The Balaban J connectivity index is 1.51. The minimum Gasteiger partial charge on any atom is -0.459 e. The van der Waals surface area contributed by atoms with E-state index in [4.69, 9.17) is 4.74 Å². The third-order valence-electron chi connectivity index (χ3n) is 5.86. The predicted octanol–water partition coefficient (Wildman–Crippen LogP) is 6.41. The van der Waals surface area contributed by atoms with Crippen molar-refractivity contribution in [1.29, 1.82) is 0 Å². The number of carbonyl (C=O) groups excluding carboxylic acids is 1. The van der Waals surface area contributed by atoms with Gasteiger partial charge < -0.3 is 4.74 Å². The Bertz CT molecular complexity index is 804. The van der Waals surface area contributed by atoms with E-state index in [1.165, 1.54) is 30.4 Å². The second kappa shape index (κ2) is 11.6. The van der Waals surface area contributed by atoms with E-state index in [-0.39, 0.29) is 12.1 Å².